The first kappa shape index (κ1) is 35.9. The summed E-state index contributed by atoms with van der Waals surface area (Å²) in [5, 5.41) is 0. The number of epoxide rings is 3. The highest BCUT2D eigenvalue weighted by molar-refractivity contribution is 5.83. The second-order valence-electron chi connectivity index (χ2n) is 15.1. The van der Waals surface area contributed by atoms with Crippen molar-refractivity contribution >= 4 is 11.9 Å². The predicted molar refractivity (Wildman–Crippen MR) is 177 cm³/mol. The maximum Gasteiger partial charge on any atom is 0.310 e. The Labute approximate surface area is 272 Å². The summed E-state index contributed by atoms with van der Waals surface area (Å²) in [6.45, 7) is 19.4. The van der Waals surface area contributed by atoms with Crippen molar-refractivity contribution in [3.63, 3.8) is 0 Å². The second-order valence-corrected chi connectivity index (χ2v) is 15.1. The maximum atomic E-state index is 13.4. The number of rotatable bonds is 18. The minimum atomic E-state index is -0.563. The molecule has 3 saturated heterocycles. The van der Waals surface area contributed by atoms with Crippen LogP contribution in [0, 0.1) is 17.8 Å². The van der Waals surface area contributed by atoms with E-state index in [0.29, 0.717) is 25.6 Å². The fourth-order valence-corrected chi connectivity index (χ4v) is 7.34. The van der Waals surface area contributed by atoms with Crippen LogP contribution in [0.2, 0.25) is 0 Å². The van der Waals surface area contributed by atoms with Gasteiger partial charge in [-0.15, -0.1) is 0 Å². The Hall–Kier alpha value is -1.96. The Bertz CT molecular complexity index is 1150. The van der Waals surface area contributed by atoms with E-state index in [-0.39, 0.29) is 53.5 Å². The summed E-state index contributed by atoms with van der Waals surface area (Å²) < 4.78 is 29.3. The second kappa shape index (κ2) is 14.9. The Balaban J connectivity index is 1.38. The van der Waals surface area contributed by atoms with E-state index in [1.165, 1.54) is 16.7 Å². The molecule has 0 saturated carbocycles. The van der Waals surface area contributed by atoms with Crippen LogP contribution >= 0.6 is 0 Å². The molecule has 0 aromatic rings. The third-order valence-electron chi connectivity index (χ3n) is 10.6. The van der Waals surface area contributed by atoms with Gasteiger partial charge >= 0.3 is 11.9 Å². The van der Waals surface area contributed by atoms with Gasteiger partial charge in [0.05, 0.1) is 60.2 Å². The monoisotopic (exact) mass is 628 g/mol. The van der Waals surface area contributed by atoms with Gasteiger partial charge in [0.25, 0.3) is 0 Å². The van der Waals surface area contributed by atoms with Crippen molar-refractivity contribution in [3.8, 4) is 0 Å². The normalized spacial score (nSPS) is 34.9. The van der Waals surface area contributed by atoms with Crippen molar-refractivity contribution in [1.29, 1.82) is 0 Å². The molecule has 45 heavy (non-hydrogen) atoms. The molecule has 0 amide bonds. The van der Waals surface area contributed by atoms with Crippen molar-refractivity contribution in [2.75, 3.05) is 13.2 Å². The molecule has 0 bridgehead atoms. The first-order valence-electron chi connectivity index (χ1n) is 17.6. The van der Waals surface area contributed by atoms with Gasteiger partial charge in [-0.2, -0.15) is 0 Å². The molecule has 0 N–H and O–H groups in total. The van der Waals surface area contributed by atoms with Crippen LogP contribution < -0.4 is 0 Å². The average molecular weight is 629 g/mol. The summed E-state index contributed by atoms with van der Waals surface area (Å²) in [4.78, 5) is 26.6. The van der Waals surface area contributed by atoms with Crippen LogP contribution in [-0.4, -0.2) is 60.3 Å². The van der Waals surface area contributed by atoms with E-state index >= 15 is 0 Å². The lowest BCUT2D eigenvalue weighted by atomic mass is 9.70. The van der Waals surface area contributed by atoms with E-state index in [0.717, 1.165) is 51.4 Å². The van der Waals surface area contributed by atoms with E-state index in [2.05, 4.69) is 66.7 Å². The largest absolute Gasteiger partial charge is 0.466 e. The van der Waals surface area contributed by atoms with Gasteiger partial charge in [-0.05, 0) is 132 Å². The van der Waals surface area contributed by atoms with Gasteiger partial charge in [-0.25, -0.2) is 0 Å². The molecule has 0 aromatic carbocycles. The number of allylic oxidation sites excluding steroid dienone is 6. The molecule has 4 aliphatic rings. The lowest BCUT2D eigenvalue weighted by molar-refractivity contribution is -0.162. The van der Waals surface area contributed by atoms with Crippen LogP contribution in [-0.2, 0) is 33.3 Å². The summed E-state index contributed by atoms with van der Waals surface area (Å²) in [5.74, 6) is -1.85. The summed E-state index contributed by atoms with van der Waals surface area (Å²) in [6, 6.07) is 0. The van der Waals surface area contributed by atoms with Crippen LogP contribution in [0.5, 0.6) is 0 Å². The molecule has 8 unspecified atom stereocenters. The minimum absolute atomic E-state index is 0.0192. The number of ether oxygens (including phenoxy) is 5. The van der Waals surface area contributed by atoms with Crippen LogP contribution in [0.3, 0.4) is 0 Å². The van der Waals surface area contributed by atoms with Crippen molar-refractivity contribution < 1.29 is 33.3 Å². The third-order valence-corrected chi connectivity index (χ3v) is 10.6. The van der Waals surface area contributed by atoms with Gasteiger partial charge in [-0.1, -0.05) is 34.9 Å². The molecule has 0 radical (unpaired) electrons. The fraction of sp³-hybridized carbons (Fsp3) is 0.789. The van der Waals surface area contributed by atoms with Crippen LogP contribution in [0.1, 0.15) is 127 Å². The number of carbonyl (C=O) groups excluding carboxylic acids is 2. The van der Waals surface area contributed by atoms with Gasteiger partial charge in [-0.3, -0.25) is 9.59 Å². The molecule has 3 fully saturated rings. The molecule has 1 aliphatic carbocycles. The summed E-state index contributed by atoms with van der Waals surface area (Å²) >= 11 is 0. The number of esters is 2. The van der Waals surface area contributed by atoms with E-state index in [4.69, 9.17) is 23.7 Å². The van der Waals surface area contributed by atoms with Crippen LogP contribution in [0.15, 0.2) is 34.9 Å². The number of hydrogen-bond donors (Lipinski definition) is 0. The lowest BCUT2D eigenvalue weighted by Gasteiger charge is -2.34. The van der Waals surface area contributed by atoms with Crippen molar-refractivity contribution in [2.45, 2.75) is 162 Å². The molecule has 254 valence electrons. The molecule has 3 heterocycles. The minimum Gasteiger partial charge on any atom is -0.466 e. The average Bonchev–Trinajstić information content (AvgIpc) is 3.90. The number of hydrogen-bond acceptors (Lipinski definition) is 7. The highest BCUT2D eigenvalue weighted by Gasteiger charge is 2.59. The fourth-order valence-electron chi connectivity index (χ4n) is 7.34. The lowest BCUT2D eigenvalue weighted by Crippen LogP contribution is -2.40. The molecule has 0 spiro atoms. The van der Waals surface area contributed by atoms with E-state index in [1.807, 2.05) is 13.8 Å². The van der Waals surface area contributed by atoms with E-state index in [9.17, 15) is 9.59 Å². The topological polar surface area (TPSA) is 90.2 Å². The molecule has 0 aromatic heterocycles. The smallest absolute Gasteiger partial charge is 0.310 e. The zero-order chi connectivity index (χ0) is 33.0. The van der Waals surface area contributed by atoms with Crippen molar-refractivity contribution in [2.24, 2.45) is 17.8 Å². The standard InChI is InChI=1S/C38H60O7/c1-10-41-34(39)29-23-27(17-13-16-26(5)15-12-14-25(3)4)22-28(33(29)35(40)42-11-2)24-32-38(9,45-32)21-19-31-37(8,44-31)20-18-30-36(6,7)43-30/h14,16,22,28-33H,10-13,15,17-21,23-24H2,1-9H3/b26-16+. The van der Waals surface area contributed by atoms with E-state index in [1.54, 1.807) is 0 Å². The summed E-state index contributed by atoms with van der Waals surface area (Å²) in [6.07, 6.45) is 16.5. The number of carbonyl (C=O) groups is 2. The SMILES string of the molecule is CCOC(=O)C1CC(CC/C=C(\C)CCC=C(C)C)=CC(CC2OC2(C)CCC2OC2(C)CCC2OC2(C)C)C1C(=O)OCC. The molecule has 7 nitrogen and oxygen atoms in total. The molecule has 3 aliphatic heterocycles. The van der Waals surface area contributed by atoms with E-state index < -0.39 is 11.8 Å². The Morgan fingerprint density at radius 1 is 0.844 bits per heavy atom. The Kier molecular flexibility index (Phi) is 11.8. The third kappa shape index (κ3) is 9.77. The first-order valence-corrected chi connectivity index (χ1v) is 17.6. The predicted octanol–water partition coefficient (Wildman–Crippen LogP) is 8.21. The van der Waals surface area contributed by atoms with Gasteiger partial charge in [0.1, 0.15) is 0 Å². The molecular formula is C38H60O7. The van der Waals surface area contributed by atoms with Gasteiger partial charge in [0.2, 0.25) is 0 Å². The van der Waals surface area contributed by atoms with Gasteiger partial charge in [0, 0.05) is 0 Å². The van der Waals surface area contributed by atoms with Crippen molar-refractivity contribution in [3.05, 3.63) is 34.9 Å². The zero-order valence-corrected chi connectivity index (χ0v) is 29.5. The molecular weight excluding hydrogens is 568 g/mol. The summed E-state index contributed by atoms with van der Waals surface area (Å²) in [7, 11) is 0. The highest BCUT2D eigenvalue weighted by Crippen LogP contribution is 2.52. The Morgan fingerprint density at radius 2 is 1.44 bits per heavy atom. The van der Waals surface area contributed by atoms with Crippen LogP contribution in [0.25, 0.3) is 0 Å². The highest BCUT2D eigenvalue weighted by atomic mass is 16.6. The molecule has 7 heteroatoms. The van der Waals surface area contributed by atoms with Gasteiger partial charge in [0.15, 0.2) is 0 Å². The van der Waals surface area contributed by atoms with Crippen molar-refractivity contribution in [1.82, 2.24) is 0 Å². The Morgan fingerprint density at radius 3 is 2.07 bits per heavy atom. The maximum absolute atomic E-state index is 13.4. The zero-order valence-electron chi connectivity index (χ0n) is 29.5. The quantitative estimate of drug-likeness (QED) is 0.0858. The molecule has 4 rings (SSSR count). The molecule has 8 atom stereocenters. The first-order chi connectivity index (χ1) is 21.2. The summed E-state index contributed by atoms with van der Waals surface area (Å²) in [5.41, 5.74) is 3.66. The van der Waals surface area contributed by atoms with Gasteiger partial charge < -0.3 is 23.7 Å². The van der Waals surface area contributed by atoms with Crippen LogP contribution in [0.4, 0.5) is 0 Å².